The third kappa shape index (κ3) is 4.86. The molecule has 98 valence electrons. The third-order valence-electron chi connectivity index (χ3n) is 2.35. The predicted octanol–water partition coefficient (Wildman–Crippen LogP) is 1.61. The maximum atomic E-state index is 11.5. The molecule has 0 fully saturated rings. The molecule has 0 heterocycles. The van der Waals surface area contributed by atoms with Crippen LogP contribution in [-0.2, 0) is 9.53 Å². The van der Waals surface area contributed by atoms with E-state index >= 15 is 0 Å². The minimum atomic E-state index is -0.444. The summed E-state index contributed by atoms with van der Waals surface area (Å²) in [7, 11) is 0. The van der Waals surface area contributed by atoms with Crippen molar-refractivity contribution in [2.24, 2.45) is 0 Å². The fourth-order valence-corrected chi connectivity index (χ4v) is 1.44. The molecule has 1 atom stereocenters. The first-order chi connectivity index (χ1) is 8.63. The molecule has 0 aliphatic carbocycles. The van der Waals surface area contributed by atoms with Crippen LogP contribution in [0, 0.1) is 0 Å². The van der Waals surface area contributed by atoms with Gasteiger partial charge in [-0.25, -0.2) is 4.79 Å². The fraction of sp³-hybridized carbons (Fsp3) is 0.385. The second kappa shape index (κ2) is 7.32. The van der Waals surface area contributed by atoms with Crippen molar-refractivity contribution in [1.82, 2.24) is 10.6 Å². The number of rotatable bonds is 5. The SMILES string of the molecule is CCOC(=O)CNC(=O)N[C@H](C)c1ccccc1. The molecule has 5 heteroatoms. The van der Waals surface area contributed by atoms with Gasteiger partial charge in [0.25, 0.3) is 0 Å². The average molecular weight is 250 g/mol. The fourth-order valence-electron chi connectivity index (χ4n) is 1.44. The normalized spacial score (nSPS) is 11.4. The van der Waals surface area contributed by atoms with E-state index in [0.717, 1.165) is 5.56 Å². The standard InChI is InChI=1S/C13H18N2O3/c1-3-18-12(16)9-14-13(17)15-10(2)11-7-5-4-6-8-11/h4-8,10H,3,9H2,1-2H3,(H2,14,15,17)/t10-/m1/s1. The van der Waals surface area contributed by atoms with Crippen molar-refractivity contribution in [1.29, 1.82) is 0 Å². The monoisotopic (exact) mass is 250 g/mol. The van der Waals surface area contributed by atoms with Gasteiger partial charge >= 0.3 is 12.0 Å². The summed E-state index contributed by atoms with van der Waals surface area (Å²) < 4.78 is 4.70. The Balaban J connectivity index is 2.34. The van der Waals surface area contributed by atoms with Gasteiger partial charge in [-0.05, 0) is 19.4 Å². The lowest BCUT2D eigenvalue weighted by Crippen LogP contribution is -2.40. The zero-order valence-corrected chi connectivity index (χ0v) is 10.6. The molecule has 2 amide bonds. The molecule has 0 aliphatic rings. The maximum absolute atomic E-state index is 11.5. The Bertz CT molecular complexity index is 392. The van der Waals surface area contributed by atoms with Gasteiger partial charge in [0.2, 0.25) is 0 Å². The number of carbonyl (C=O) groups is 2. The number of carbonyl (C=O) groups excluding carboxylic acids is 2. The van der Waals surface area contributed by atoms with Crippen LogP contribution in [-0.4, -0.2) is 25.2 Å². The first-order valence-corrected chi connectivity index (χ1v) is 5.88. The average Bonchev–Trinajstić information content (AvgIpc) is 2.38. The summed E-state index contributed by atoms with van der Waals surface area (Å²) in [5, 5.41) is 5.18. The second-order valence-electron chi connectivity index (χ2n) is 3.76. The van der Waals surface area contributed by atoms with E-state index < -0.39 is 5.97 Å². The van der Waals surface area contributed by atoms with Crippen LogP contribution >= 0.6 is 0 Å². The van der Waals surface area contributed by atoms with E-state index in [-0.39, 0.29) is 18.6 Å². The Morgan fingerprint density at radius 3 is 2.56 bits per heavy atom. The van der Waals surface area contributed by atoms with Crippen LogP contribution in [0.5, 0.6) is 0 Å². The molecule has 0 saturated carbocycles. The van der Waals surface area contributed by atoms with Crippen LogP contribution in [0.15, 0.2) is 30.3 Å². The Morgan fingerprint density at radius 1 is 1.28 bits per heavy atom. The van der Waals surface area contributed by atoms with Crippen LogP contribution in [0.4, 0.5) is 4.79 Å². The van der Waals surface area contributed by atoms with E-state index in [9.17, 15) is 9.59 Å². The van der Waals surface area contributed by atoms with E-state index in [0.29, 0.717) is 6.61 Å². The number of ether oxygens (including phenoxy) is 1. The molecule has 0 unspecified atom stereocenters. The Labute approximate surface area is 107 Å². The Morgan fingerprint density at radius 2 is 1.94 bits per heavy atom. The Hall–Kier alpha value is -2.04. The highest BCUT2D eigenvalue weighted by Gasteiger charge is 2.10. The van der Waals surface area contributed by atoms with Gasteiger partial charge in [-0.3, -0.25) is 4.79 Å². The summed E-state index contributed by atoms with van der Waals surface area (Å²) in [5.74, 6) is -0.444. The highest BCUT2D eigenvalue weighted by Crippen LogP contribution is 2.10. The first-order valence-electron chi connectivity index (χ1n) is 5.88. The molecule has 5 nitrogen and oxygen atoms in total. The molecule has 18 heavy (non-hydrogen) atoms. The summed E-state index contributed by atoms with van der Waals surface area (Å²) in [6, 6.07) is 9.07. The lowest BCUT2D eigenvalue weighted by molar-refractivity contribution is -0.141. The van der Waals surface area contributed by atoms with Crippen LogP contribution in [0.1, 0.15) is 25.5 Å². The smallest absolute Gasteiger partial charge is 0.325 e. The van der Waals surface area contributed by atoms with Crippen LogP contribution in [0.3, 0.4) is 0 Å². The Kier molecular flexibility index (Phi) is 5.70. The van der Waals surface area contributed by atoms with Gasteiger partial charge in [0.05, 0.1) is 12.6 Å². The van der Waals surface area contributed by atoms with E-state index in [2.05, 4.69) is 10.6 Å². The van der Waals surface area contributed by atoms with E-state index in [1.54, 1.807) is 6.92 Å². The van der Waals surface area contributed by atoms with Crippen molar-refractivity contribution in [3.63, 3.8) is 0 Å². The van der Waals surface area contributed by atoms with E-state index in [1.165, 1.54) is 0 Å². The van der Waals surface area contributed by atoms with E-state index in [4.69, 9.17) is 4.74 Å². The lowest BCUT2D eigenvalue weighted by atomic mass is 10.1. The number of esters is 1. The van der Waals surface area contributed by atoms with E-state index in [1.807, 2.05) is 37.3 Å². The number of hydrogen-bond donors (Lipinski definition) is 2. The number of urea groups is 1. The molecule has 0 aromatic heterocycles. The summed E-state index contributed by atoms with van der Waals surface area (Å²) in [4.78, 5) is 22.5. The summed E-state index contributed by atoms with van der Waals surface area (Å²) >= 11 is 0. The number of benzene rings is 1. The second-order valence-corrected chi connectivity index (χ2v) is 3.76. The molecule has 0 aliphatic heterocycles. The first kappa shape index (κ1) is 14.0. The van der Waals surface area contributed by atoms with Crippen LogP contribution in [0.2, 0.25) is 0 Å². The maximum Gasteiger partial charge on any atom is 0.325 e. The van der Waals surface area contributed by atoms with Crippen molar-refractivity contribution in [3.8, 4) is 0 Å². The number of nitrogens with one attached hydrogen (secondary N) is 2. The molecule has 0 bridgehead atoms. The number of hydrogen-bond acceptors (Lipinski definition) is 3. The molecule has 1 aromatic carbocycles. The quantitative estimate of drug-likeness (QED) is 0.780. The molecule has 0 spiro atoms. The summed E-state index contributed by atoms with van der Waals surface area (Å²) in [6.07, 6.45) is 0. The molecule has 2 N–H and O–H groups in total. The van der Waals surface area contributed by atoms with Gasteiger partial charge in [0, 0.05) is 0 Å². The van der Waals surface area contributed by atoms with Gasteiger partial charge in [-0.1, -0.05) is 30.3 Å². The van der Waals surface area contributed by atoms with Gasteiger partial charge in [0.1, 0.15) is 6.54 Å². The van der Waals surface area contributed by atoms with Gasteiger partial charge in [0.15, 0.2) is 0 Å². The summed E-state index contributed by atoms with van der Waals surface area (Å²) in [5.41, 5.74) is 1.00. The van der Waals surface area contributed by atoms with Crippen molar-refractivity contribution in [2.45, 2.75) is 19.9 Å². The highest BCUT2D eigenvalue weighted by molar-refractivity contribution is 5.80. The van der Waals surface area contributed by atoms with Gasteiger partial charge in [-0.2, -0.15) is 0 Å². The molecule has 1 rings (SSSR count). The lowest BCUT2D eigenvalue weighted by Gasteiger charge is -2.14. The zero-order chi connectivity index (χ0) is 13.4. The van der Waals surface area contributed by atoms with Crippen molar-refractivity contribution >= 4 is 12.0 Å². The topological polar surface area (TPSA) is 67.4 Å². The minimum Gasteiger partial charge on any atom is -0.465 e. The van der Waals surface area contributed by atoms with Crippen molar-refractivity contribution < 1.29 is 14.3 Å². The summed E-state index contributed by atoms with van der Waals surface area (Å²) in [6.45, 7) is 3.78. The molecule has 0 radical (unpaired) electrons. The third-order valence-corrected chi connectivity index (χ3v) is 2.35. The molecular formula is C13H18N2O3. The predicted molar refractivity (Wildman–Crippen MR) is 68.0 cm³/mol. The molecule has 0 saturated heterocycles. The molecular weight excluding hydrogens is 232 g/mol. The number of amides is 2. The van der Waals surface area contributed by atoms with Crippen LogP contribution < -0.4 is 10.6 Å². The van der Waals surface area contributed by atoms with Gasteiger partial charge < -0.3 is 15.4 Å². The molecule has 1 aromatic rings. The van der Waals surface area contributed by atoms with Crippen LogP contribution in [0.25, 0.3) is 0 Å². The van der Waals surface area contributed by atoms with Crippen molar-refractivity contribution in [3.05, 3.63) is 35.9 Å². The minimum absolute atomic E-state index is 0.117. The highest BCUT2D eigenvalue weighted by atomic mass is 16.5. The zero-order valence-electron chi connectivity index (χ0n) is 10.6. The largest absolute Gasteiger partial charge is 0.465 e. The van der Waals surface area contributed by atoms with Crippen molar-refractivity contribution in [2.75, 3.05) is 13.2 Å². The van der Waals surface area contributed by atoms with Gasteiger partial charge in [-0.15, -0.1) is 0 Å².